The van der Waals surface area contributed by atoms with Crippen molar-refractivity contribution in [2.24, 2.45) is 0 Å². The Bertz CT molecular complexity index is 1170. The number of benzene rings is 2. The summed E-state index contributed by atoms with van der Waals surface area (Å²) in [4.78, 5) is 12.4. The molecule has 2 atom stereocenters. The molecule has 0 unspecified atom stereocenters. The zero-order valence-electron chi connectivity index (χ0n) is 17.9. The summed E-state index contributed by atoms with van der Waals surface area (Å²) in [6.07, 6.45) is 5.59. The molecule has 164 valence electrons. The first-order valence-corrected chi connectivity index (χ1v) is 12.0. The number of hydrogen-bond acceptors (Lipinski definition) is 3. The molecular weight excluding hydrogens is 420 g/mol. The third-order valence-corrected chi connectivity index (χ3v) is 6.47. The van der Waals surface area contributed by atoms with Crippen LogP contribution in [0, 0.1) is 0 Å². The third kappa shape index (κ3) is 5.23. The summed E-state index contributed by atoms with van der Waals surface area (Å²) in [6.45, 7) is 2.58. The monoisotopic (exact) mass is 446 g/mol. The Morgan fingerprint density at radius 2 is 1.66 bits per heavy atom. The van der Waals surface area contributed by atoms with Gasteiger partial charge in [0.05, 0.1) is 17.6 Å². The predicted octanol–water partition coefficient (Wildman–Crippen LogP) is 3.83. The molecule has 1 N–H and O–H groups in total. The molecule has 32 heavy (non-hydrogen) atoms. The topological polar surface area (TPSA) is 68.9 Å². The van der Waals surface area contributed by atoms with Crippen molar-refractivity contribution in [2.75, 3.05) is 12.3 Å². The Balaban J connectivity index is 1.42. The number of nitrogens with zero attached hydrogens (tertiary/aromatic N) is 3. The number of rotatable bonds is 9. The van der Waals surface area contributed by atoms with E-state index in [1.54, 1.807) is 6.20 Å². The van der Waals surface area contributed by atoms with Crippen LogP contribution in [-0.2, 0) is 21.3 Å². The van der Waals surface area contributed by atoms with Gasteiger partial charge in [-0.05, 0) is 35.7 Å². The molecule has 0 spiro atoms. The Hall–Kier alpha value is -3.45. The van der Waals surface area contributed by atoms with Crippen molar-refractivity contribution in [3.05, 3.63) is 103 Å². The number of carbonyl (C=O) groups excluding carboxylic acids is 1. The molecule has 0 aliphatic rings. The number of hydrogen-bond donors (Lipinski definition) is 1. The average molecular weight is 447 g/mol. The highest BCUT2D eigenvalue weighted by Crippen LogP contribution is 2.21. The van der Waals surface area contributed by atoms with Crippen LogP contribution in [0.4, 0.5) is 0 Å². The number of para-hydroxylation sites is 1. The van der Waals surface area contributed by atoms with Crippen LogP contribution in [0.5, 0.6) is 0 Å². The van der Waals surface area contributed by atoms with Gasteiger partial charge in [-0.2, -0.15) is 5.10 Å². The molecule has 4 aromatic rings. The molecule has 2 aromatic heterocycles. The lowest BCUT2D eigenvalue weighted by Gasteiger charge is -2.13. The van der Waals surface area contributed by atoms with E-state index in [0.29, 0.717) is 6.54 Å². The molecule has 2 heterocycles. The second-order valence-electron chi connectivity index (χ2n) is 7.68. The highest BCUT2D eigenvalue weighted by Gasteiger charge is 2.18. The molecule has 0 radical (unpaired) electrons. The fourth-order valence-electron chi connectivity index (χ4n) is 3.57. The first-order valence-electron chi connectivity index (χ1n) is 10.5. The van der Waals surface area contributed by atoms with Crippen LogP contribution in [0.3, 0.4) is 0 Å². The van der Waals surface area contributed by atoms with Crippen molar-refractivity contribution in [2.45, 2.75) is 18.6 Å². The zero-order chi connectivity index (χ0) is 22.3. The van der Waals surface area contributed by atoms with Crippen LogP contribution in [0.2, 0.25) is 0 Å². The lowest BCUT2D eigenvalue weighted by Crippen LogP contribution is -2.31. The maximum Gasteiger partial charge on any atom is 0.232 e. The van der Waals surface area contributed by atoms with Crippen LogP contribution in [-0.4, -0.2) is 36.8 Å². The maximum absolute atomic E-state index is 12.8. The van der Waals surface area contributed by atoms with Gasteiger partial charge in [-0.3, -0.25) is 9.00 Å². The average Bonchev–Trinajstić information content (AvgIpc) is 3.48. The van der Waals surface area contributed by atoms with Gasteiger partial charge in [-0.1, -0.05) is 55.5 Å². The molecule has 0 aliphatic carbocycles. The molecule has 1 amide bonds. The Morgan fingerprint density at radius 3 is 2.34 bits per heavy atom. The molecule has 0 saturated carbocycles. The molecule has 0 saturated heterocycles. The lowest BCUT2D eigenvalue weighted by atomic mass is 10.0. The van der Waals surface area contributed by atoms with E-state index in [2.05, 4.69) is 17.3 Å². The quantitative estimate of drug-likeness (QED) is 0.425. The van der Waals surface area contributed by atoms with Gasteiger partial charge in [0.1, 0.15) is 11.6 Å². The van der Waals surface area contributed by atoms with Crippen molar-refractivity contribution in [3.8, 4) is 11.5 Å². The van der Waals surface area contributed by atoms with E-state index in [9.17, 15) is 9.00 Å². The van der Waals surface area contributed by atoms with Gasteiger partial charge in [-0.15, -0.1) is 0 Å². The molecule has 7 heteroatoms. The largest absolute Gasteiger partial charge is 0.355 e. The second kappa shape index (κ2) is 10.2. The van der Waals surface area contributed by atoms with E-state index in [-0.39, 0.29) is 23.3 Å². The van der Waals surface area contributed by atoms with Gasteiger partial charge >= 0.3 is 0 Å². The molecule has 0 fully saturated rings. The van der Waals surface area contributed by atoms with Crippen molar-refractivity contribution in [1.29, 1.82) is 0 Å². The van der Waals surface area contributed by atoms with Gasteiger partial charge in [0.15, 0.2) is 0 Å². The highest BCUT2D eigenvalue weighted by atomic mass is 32.2. The van der Waals surface area contributed by atoms with E-state index in [1.807, 2.05) is 94.4 Å². The Morgan fingerprint density at radius 1 is 1.00 bits per heavy atom. The van der Waals surface area contributed by atoms with Crippen LogP contribution in [0.15, 0.2) is 91.4 Å². The molecule has 6 nitrogen and oxygen atoms in total. The van der Waals surface area contributed by atoms with Gasteiger partial charge < -0.3 is 9.88 Å². The summed E-state index contributed by atoms with van der Waals surface area (Å²) < 4.78 is 16.6. The SMILES string of the molecule is C[C@H](CNC(=O)C[S@](=O)Cc1cnn(-c2ccccc2)c1-n1cccc1)c1ccccc1. The van der Waals surface area contributed by atoms with E-state index >= 15 is 0 Å². The predicted molar refractivity (Wildman–Crippen MR) is 127 cm³/mol. The third-order valence-electron chi connectivity index (χ3n) is 5.25. The van der Waals surface area contributed by atoms with E-state index < -0.39 is 10.8 Å². The van der Waals surface area contributed by atoms with E-state index in [1.165, 1.54) is 5.56 Å². The van der Waals surface area contributed by atoms with Gasteiger partial charge in [0.25, 0.3) is 0 Å². The van der Waals surface area contributed by atoms with E-state index in [4.69, 9.17) is 0 Å². The van der Waals surface area contributed by atoms with Crippen LogP contribution < -0.4 is 5.32 Å². The maximum atomic E-state index is 12.8. The van der Waals surface area contributed by atoms with Crippen molar-refractivity contribution >= 4 is 16.7 Å². The standard InChI is InChI=1S/C25H26N4O2S/c1-20(21-10-4-2-5-11-21)16-26-24(30)19-32(31)18-22-17-27-29(23-12-6-3-7-13-23)25(22)28-14-8-9-15-28/h2-15,17,20H,16,18-19H2,1H3,(H,26,30)/t20-,32-/m1/s1. The number of aromatic nitrogens is 3. The van der Waals surface area contributed by atoms with Crippen LogP contribution in [0.1, 0.15) is 24.0 Å². The molecular formula is C25H26N4O2S. The van der Waals surface area contributed by atoms with Crippen LogP contribution >= 0.6 is 0 Å². The minimum Gasteiger partial charge on any atom is -0.355 e. The normalized spacial score (nSPS) is 12.9. The van der Waals surface area contributed by atoms with Crippen molar-refractivity contribution < 1.29 is 9.00 Å². The fourth-order valence-corrected chi connectivity index (χ4v) is 4.62. The lowest BCUT2D eigenvalue weighted by molar-refractivity contribution is -0.118. The zero-order valence-corrected chi connectivity index (χ0v) is 18.7. The van der Waals surface area contributed by atoms with Gasteiger partial charge in [0.2, 0.25) is 5.91 Å². The first kappa shape index (κ1) is 21.8. The summed E-state index contributed by atoms with van der Waals surface area (Å²) >= 11 is 0. The second-order valence-corrected chi connectivity index (χ2v) is 9.13. The minimum absolute atomic E-state index is 0.0385. The van der Waals surface area contributed by atoms with Crippen molar-refractivity contribution in [3.63, 3.8) is 0 Å². The smallest absolute Gasteiger partial charge is 0.232 e. The summed E-state index contributed by atoms with van der Waals surface area (Å²) in [5, 5.41) is 7.44. The molecule has 4 rings (SSSR count). The molecule has 0 bridgehead atoms. The highest BCUT2D eigenvalue weighted by molar-refractivity contribution is 7.84. The summed E-state index contributed by atoms with van der Waals surface area (Å²) in [7, 11) is -1.35. The van der Waals surface area contributed by atoms with Crippen molar-refractivity contribution in [1.82, 2.24) is 19.7 Å². The molecule has 2 aromatic carbocycles. The fraction of sp³-hybridized carbons (Fsp3) is 0.200. The molecule has 0 aliphatic heterocycles. The van der Waals surface area contributed by atoms with E-state index in [0.717, 1.165) is 17.1 Å². The number of amides is 1. The number of carbonyl (C=O) groups is 1. The van der Waals surface area contributed by atoms with Gasteiger partial charge in [-0.25, -0.2) is 4.68 Å². The number of nitrogens with one attached hydrogen (secondary N) is 1. The summed E-state index contributed by atoms with van der Waals surface area (Å²) in [5.41, 5.74) is 2.91. The minimum atomic E-state index is -1.35. The van der Waals surface area contributed by atoms with Gasteiger partial charge in [0, 0.05) is 35.3 Å². The first-order chi connectivity index (χ1) is 15.6. The Kier molecular flexibility index (Phi) is 6.97. The summed E-state index contributed by atoms with van der Waals surface area (Å²) in [6, 6.07) is 23.7. The Labute approximate surface area is 190 Å². The van der Waals surface area contributed by atoms with Crippen LogP contribution in [0.25, 0.3) is 11.5 Å². The summed E-state index contributed by atoms with van der Waals surface area (Å²) in [5.74, 6) is 1.03.